The predicted molar refractivity (Wildman–Crippen MR) is 214 cm³/mol. The van der Waals surface area contributed by atoms with Crippen LogP contribution in [0.25, 0.3) is 0 Å². The molecule has 3 aliphatic heterocycles. The molecule has 0 spiro atoms. The Hall–Kier alpha value is -0.930. The largest absolute Gasteiger partial charge is 0.459 e. The van der Waals surface area contributed by atoms with E-state index in [0.29, 0.717) is 38.1 Å². The molecular formula is C42H84N2O10. The summed E-state index contributed by atoms with van der Waals surface area (Å²) in [5, 5.41) is 42.7. The predicted octanol–water partition coefficient (Wildman–Crippen LogP) is 5.61. The molecule has 0 aromatic rings. The van der Waals surface area contributed by atoms with Crippen LogP contribution in [0.15, 0.2) is 0 Å². The SMILES string of the molecule is CC.CCCN(C)C1CC(C)OC(O[C@@H]2[C@@H](C)[C@H](O[C@H]3CC(C)CC(C)O3)C(C)C(=O)O[C@H](CC)[C@@](C)(O)C(O)C(C)N(C)C[C@H](C)C[C@@]2(C)O)C1.CO. The minimum absolute atomic E-state index is 0.00576. The van der Waals surface area contributed by atoms with Gasteiger partial charge in [0.25, 0.3) is 0 Å². The third kappa shape index (κ3) is 14.2. The summed E-state index contributed by atoms with van der Waals surface area (Å²) < 4.78 is 32.5. The van der Waals surface area contributed by atoms with Gasteiger partial charge >= 0.3 is 5.97 Å². The second-order valence-electron chi connectivity index (χ2n) is 17.1. The van der Waals surface area contributed by atoms with E-state index in [1.54, 1.807) is 6.92 Å². The molecule has 4 N–H and O–H groups in total. The Balaban J connectivity index is 0.00000352. The molecule has 3 heterocycles. The average Bonchev–Trinajstić information content (AvgIpc) is 3.10. The van der Waals surface area contributed by atoms with Gasteiger partial charge in [0, 0.05) is 44.5 Å². The summed E-state index contributed by atoms with van der Waals surface area (Å²) in [5.74, 6) is -1.52. The van der Waals surface area contributed by atoms with Gasteiger partial charge in [-0.1, -0.05) is 48.5 Å². The van der Waals surface area contributed by atoms with Crippen LogP contribution in [-0.4, -0.2) is 143 Å². The van der Waals surface area contributed by atoms with E-state index in [4.69, 9.17) is 28.8 Å². The quantitative estimate of drug-likeness (QED) is 0.227. The molecule has 0 aliphatic carbocycles. The molecule has 12 heteroatoms. The van der Waals surface area contributed by atoms with Gasteiger partial charge in [-0.2, -0.15) is 0 Å². The van der Waals surface area contributed by atoms with Crippen molar-refractivity contribution in [2.45, 2.75) is 207 Å². The number of hydrogen-bond donors (Lipinski definition) is 4. The van der Waals surface area contributed by atoms with Crippen LogP contribution in [0.4, 0.5) is 0 Å². The van der Waals surface area contributed by atoms with Crippen LogP contribution in [0.5, 0.6) is 0 Å². The number of carbonyl (C=O) groups excluding carboxylic acids is 1. The normalized spacial score (nSPS) is 43.4. The molecule has 0 radical (unpaired) electrons. The third-order valence-corrected chi connectivity index (χ3v) is 11.8. The first-order chi connectivity index (χ1) is 25.2. The van der Waals surface area contributed by atoms with Gasteiger partial charge in [-0.05, 0) is 106 Å². The molecule has 3 aliphatic rings. The lowest BCUT2D eigenvalue weighted by atomic mass is 9.77. The van der Waals surface area contributed by atoms with Crippen molar-refractivity contribution in [2.24, 2.45) is 23.7 Å². The summed E-state index contributed by atoms with van der Waals surface area (Å²) in [5.41, 5.74) is -3.07. The first-order valence-electron chi connectivity index (χ1n) is 21.0. The fourth-order valence-electron chi connectivity index (χ4n) is 9.01. The second-order valence-corrected chi connectivity index (χ2v) is 17.1. The zero-order valence-corrected chi connectivity index (χ0v) is 37.1. The van der Waals surface area contributed by atoms with Gasteiger partial charge < -0.3 is 53.9 Å². The molecule has 8 unspecified atom stereocenters. The van der Waals surface area contributed by atoms with E-state index in [2.05, 4.69) is 39.6 Å². The number of likely N-dealkylation sites (N-methyl/N-ethyl adjacent to an activating group) is 1. The Morgan fingerprint density at radius 2 is 1.43 bits per heavy atom. The Morgan fingerprint density at radius 1 is 0.870 bits per heavy atom. The number of rotatable bonds is 8. The highest BCUT2D eigenvalue weighted by Crippen LogP contribution is 2.39. The molecule has 12 nitrogen and oxygen atoms in total. The van der Waals surface area contributed by atoms with Gasteiger partial charge in [-0.25, -0.2) is 0 Å². The highest BCUT2D eigenvalue weighted by molar-refractivity contribution is 5.73. The Kier molecular flexibility index (Phi) is 22.2. The average molecular weight is 777 g/mol. The van der Waals surface area contributed by atoms with E-state index in [1.165, 1.54) is 6.92 Å². The Bertz CT molecular complexity index is 1040. The van der Waals surface area contributed by atoms with Crippen molar-refractivity contribution in [3.05, 3.63) is 0 Å². The first-order valence-corrected chi connectivity index (χ1v) is 21.0. The number of carbonyl (C=O) groups is 1. The van der Waals surface area contributed by atoms with Crippen LogP contribution in [0, 0.1) is 23.7 Å². The van der Waals surface area contributed by atoms with Crippen LogP contribution in [-0.2, 0) is 28.5 Å². The number of cyclic esters (lactones) is 1. The zero-order chi connectivity index (χ0) is 41.7. The molecule has 322 valence electrons. The van der Waals surface area contributed by atoms with Crippen molar-refractivity contribution < 1.29 is 48.9 Å². The van der Waals surface area contributed by atoms with Crippen molar-refractivity contribution in [1.82, 2.24) is 9.80 Å². The lowest BCUT2D eigenvalue weighted by Gasteiger charge is -2.46. The molecule has 54 heavy (non-hydrogen) atoms. The minimum atomic E-state index is -1.71. The summed E-state index contributed by atoms with van der Waals surface area (Å²) in [4.78, 5) is 18.5. The van der Waals surface area contributed by atoms with E-state index in [9.17, 15) is 20.1 Å². The lowest BCUT2D eigenvalue weighted by molar-refractivity contribution is -0.284. The standard InChI is InChI=1S/C39H74N2O9.C2H6.CH4O/c1-14-16-40(12)30-19-26(6)47-33(20-30)50-36-27(7)34(49-32-18-23(3)17-25(5)46-32)28(8)37(43)48-31(15-2)39(11,45)35(42)29(9)41(13)22-24(4)21-38(36,10)44;2*1-2/h23-36,42,44-45H,14-22H2,1-13H3;1-2H3;2H,1H3/t23?,24-,25?,26?,27+,28?,29?,30?,31-,32+,33?,34+,35?,36-,38-,39-;;/m1../s1. The number of nitrogens with zero attached hydrogens (tertiary/aromatic N) is 2. The number of hydrogen-bond acceptors (Lipinski definition) is 12. The van der Waals surface area contributed by atoms with Crippen molar-refractivity contribution in [1.29, 1.82) is 0 Å². The molecule has 0 aromatic carbocycles. The van der Waals surface area contributed by atoms with Crippen molar-refractivity contribution >= 4 is 5.97 Å². The van der Waals surface area contributed by atoms with E-state index in [0.717, 1.165) is 32.9 Å². The molecule has 3 rings (SSSR count). The molecule has 0 bridgehead atoms. The maximum Gasteiger partial charge on any atom is 0.311 e. The van der Waals surface area contributed by atoms with Crippen LogP contribution >= 0.6 is 0 Å². The topological polar surface area (TPSA) is 151 Å². The van der Waals surface area contributed by atoms with E-state index >= 15 is 0 Å². The number of esters is 1. The maximum atomic E-state index is 14.1. The highest BCUT2D eigenvalue weighted by Gasteiger charge is 2.50. The number of aliphatic hydroxyl groups is 4. The number of ether oxygens (including phenoxy) is 5. The van der Waals surface area contributed by atoms with Gasteiger partial charge in [0.15, 0.2) is 12.6 Å². The van der Waals surface area contributed by atoms with Gasteiger partial charge in [0.05, 0.1) is 35.9 Å². The van der Waals surface area contributed by atoms with E-state index in [-0.39, 0.29) is 24.2 Å². The van der Waals surface area contributed by atoms with Gasteiger partial charge in [0.1, 0.15) is 17.8 Å². The fourth-order valence-corrected chi connectivity index (χ4v) is 9.01. The van der Waals surface area contributed by atoms with Crippen molar-refractivity contribution in [3.63, 3.8) is 0 Å². The molecule has 16 atom stereocenters. The van der Waals surface area contributed by atoms with Crippen LogP contribution in [0.2, 0.25) is 0 Å². The van der Waals surface area contributed by atoms with Crippen LogP contribution < -0.4 is 0 Å². The summed E-state index contributed by atoms with van der Waals surface area (Å²) in [6.45, 7) is 26.8. The molecule has 3 saturated heterocycles. The van der Waals surface area contributed by atoms with Crippen LogP contribution in [0.3, 0.4) is 0 Å². The molecule has 0 amide bonds. The monoisotopic (exact) mass is 777 g/mol. The maximum absolute atomic E-state index is 14.1. The smallest absolute Gasteiger partial charge is 0.311 e. The van der Waals surface area contributed by atoms with Gasteiger partial charge in [-0.15, -0.1) is 0 Å². The van der Waals surface area contributed by atoms with Crippen LogP contribution in [0.1, 0.15) is 135 Å². The second kappa shape index (κ2) is 23.5. The van der Waals surface area contributed by atoms with E-state index in [1.807, 2.05) is 60.4 Å². The van der Waals surface area contributed by atoms with E-state index < -0.39 is 72.0 Å². The lowest BCUT2D eigenvalue weighted by Crippen LogP contribution is -2.59. The zero-order valence-electron chi connectivity index (χ0n) is 37.1. The van der Waals surface area contributed by atoms with Gasteiger partial charge in [-0.3, -0.25) is 4.79 Å². The Labute approximate surface area is 329 Å². The molecule has 0 saturated carbocycles. The summed E-state index contributed by atoms with van der Waals surface area (Å²) in [6.07, 6.45) is 0.0161. The fraction of sp³-hybridized carbons (Fsp3) is 0.976. The molecular weight excluding hydrogens is 692 g/mol. The van der Waals surface area contributed by atoms with Crippen molar-refractivity contribution in [3.8, 4) is 0 Å². The molecule has 3 fully saturated rings. The first kappa shape index (κ1) is 51.1. The Morgan fingerprint density at radius 3 is 1.96 bits per heavy atom. The minimum Gasteiger partial charge on any atom is -0.459 e. The molecule has 0 aromatic heterocycles. The van der Waals surface area contributed by atoms with Gasteiger partial charge in [0.2, 0.25) is 0 Å². The highest BCUT2D eigenvalue weighted by atomic mass is 16.7. The summed E-state index contributed by atoms with van der Waals surface area (Å²) >= 11 is 0. The summed E-state index contributed by atoms with van der Waals surface area (Å²) in [6, 6.07) is -0.193. The van der Waals surface area contributed by atoms with Crippen molar-refractivity contribution in [2.75, 3.05) is 34.3 Å². The summed E-state index contributed by atoms with van der Waals surface area (Å²) in [7, 11) is 5.05. The number of aliphatic hydroxyl groups excluding tert-OH is 2. The third-order valence-electron chi connectivity index (χ3n) is 11.8.